The van der Waals surface area contributed by atoms with Gasteiger partial charge in [0, 0.05) is 12.8 Å². The number of carbonyl (C=O) groups excluding carboxylic acids is 2. The fraction of sp³-hybridized carbons (Fsp3) is 0.886. The van der Waals surface area contributed by atoms with Crippen LogP contribution in [0.3, 0.4) is 0 Å². The molecule has 0 spiro atoms. The third-order valence-electron chi connectivity index (χ3n) is 7.78. The summed E-state index contributed by atoms with van der Waals surface area (Å²) >= 11 is 0. The van der Waals surface area contributed by atoms with Crippen molar-refractivity contribution in [2.75, 3.05) is 13.2 Å². The van der Waals surface area contributed by atoms with Gasteiger partial charge in [0.25, 0.3) is 0 Å². The molecule has 0 aromatic heterocycles. The first-order chi connectivity index (χ1) is 21.3. The predicted molar refractivity (Wildman–Crippen MR) is 179 cm³/mol. The molecule has 0 aliphatic rings. The minimum atomic E-state index is -4.74. The zero-order valence-electron chi connectivity index (χ0n) is 28.3. The van der Waals surface area contributed by atoms with Gasteiger partial charge in [0.1, 0.15) is 6.61 Å². The Balaban J connectivity index is 3.97. The minimum Gasteiger partial charge on any atom is -0.462 e. The summed E-state index contributed by atoms with van der Waals surface area (Å²) in [6.45, 7) is 3.65. The molecular formula is C35H67O8P. The minimum absolute atomic E-state index is 0.215. The van der Waals surface area contributed by atoms with Gasteiger partial charge < -0.3 is 19.3 Å². The van der Waals surface area contributed by atoms with Gasteiger partial charge in [-0.3, -0.25) is 14.1 Å². The van der Waals surface area contributed by atoms with E-state index in [1.165, 1.54) is 89.9 Å². The Morgan fingerprint density at radius 3 is 1.39 bits per heavy atom. The molecule has 44 heavy (non-hydrogen) atoms. The molecule has 0 amide bonds. The number of carbonyl (C=O) groups is 2. The molecule has 8 nitrogen and oxygen atoms in total. The van der Waals surface area contributed by atoms with Crippen molar-refractivity contribution in [3.05, 3.63) is 12.2 Å². The molecule has 0 bridgehead atoms. The standard InChI is InChI=1S/C35H67O8P/c1-3-5-7-9-11-13-15-16-17-18-20-21-23-25-27-29-34(36)41-31-33(32-42-44(38,39)40)43-35(37)30-28-26-24-22-19-14-12-10-8-6-4-2/h16-17,33H,3-15,18-32H2,1-2H3,(H2,38,39,40)/b17-16-/t33-/m1/s1. The van der Waals surface area contributed by atoms with Crippen LogP contribution in [0.4, 0.5) is 0 Å². The summed E-state index contributed by atoms with van der Waals surface area (Å²) < 4.78 is 26.2. The van der Waals surface area contributed by atoms with Gasteiger partial charge in [0.15, 0.2) is 6.10 Å². The van der Waals surface area contributed by atoms with Gasteiger partial charge >= 0.3 is 19.8 Å². The number of phosphoric acid groups is 1. The van der Waals surface area contributed by atoms with Crippen LogP contribution >= 0.6 is 7.82 Å². The van der Waals surface area contributed by atoms with E-state index >= 15 is 0 Å². The number of unbranched alkanes of at least 4 members (excludes halogenated alkanes) is 21. The molecular weight excluding hydrogens is 579 g/mol. The SMILES string of the molecule is CCCCCCCC/C=C\CCCCCCCC(=O)OC[C@H](COP(=O)(O)O)OC(=O)CCCCCCCCCCCCC. The van der Waals surface area contributed by atoms with E-state index in [4.69, 9.17) is 19.3 Å². The van der Waals surface area contributed by atoms with Gasteiger partial charge in [0.05, 0.1) is 6.61 Å². The Labute approximate surface area is 269 Å². The van der Waals surface area contributed by atoms with Crippen molar-refractivity contribution in [3.8, 4) is 0 Å². The van der Waals surface area contributed by atoms with Gasteiger partial charge in [-0.15, -0.1) is 0 Å². The first-order valence-electron chi connectivity index (χ1n) is 18.0. The van der Waals surface area contributed by atoms with E-state index < -0.39 is 32.5 Å². The first-order valence-corrected chi connectivity index (χ1v) is 19.5. The lowest BCUT2D eigenvalue weighted by atomic mass is 10.1. The highest BCUT2D eigenvalue weighted by molar-refractivity contribution is 7.46. The summed E-state index contributed by atoms with van der Waals surface area (Å²) in [7, 11) is -4.74. The van der Waals surface area contributed by atoms with E-state index in [1.807, 2.05) is 0 Å². The zero-order valence-corrected chi connectivity index (χ0v) is 29.2. The number of rotatable bonds is 33. The number of hydrogen-bond acceptors (Lipinski definition) is 6. The molecule has 0 aromatic carbocycles. The van der Waals surface area contributed by atoms with Crippen LogP contribution in [-0.2, 0) is 28.2 Å². The Kier molecular flexibility index (Phi) is 30.9. The third kappa shape index (κ3) is 33.7. The average Bonchev–Trinajstić information content (AvgIpc) is 2.98. The van der Waals surface area contributed by atoms with Gasteiger partial charge in [-0.05, 0) is 38.5 Å². The van der Waals surface area contributed by atoms with Crippen molar-refractivity contribution in [2.45, 2.75) is 187 Å². The average molecular weight is 647 g/mol. The normalized spacial score (nSPS) is 12.5. The molecule has 0 fully saturated rings. The molecule has 0 saturated heterocycles. The predicted octanol–water partition coefficient (Wildman–Crippen LogP) is 10.3. The zero-order chi connectivity index (χ0) is 32.6. The van der Waals surface area contributed by atoms with Gasteiger partial charge in [-0.1, -0.05) is 142 Å². The molecule has 0 aromatic rings. The van der Waals surface area contributed by atoms with Crippen LogP contribution in [0.25, 0.3) is 0 Å². The fourth-order valence-corrected chi connectivity index (χ4v) is 5.43. The summed E-state index contributed by atoms with van der Waals surface area (Å²) in [4.78, 5) is 42.5. The van der Waals surface area contributed by atoms with Crippen molar-refractivity contribution in [3.63, 3.8) is 0 Å². The van der Waals surface area contributed by atoms with E-state index in [0.29, 0.717) is 6.42 Å². The Hall–Kier alpha value is -1.21. The summed E-state index contributed by atoms with van der Waals surface area (Å²) in [5, 5.41) is 0. The van der Waals surface area contributed by atoms with Crippen molar-refractivity contribution < 1.29 is 37.9 Å². The molecule has 0 rings (SSSR count). The summed E-state index contributed by atoms with van der Waals surface area (Å²) in [5.41, 5.74) is 0. The van der Waals surface area contributed by atoms with Crippen LogP contribution in [0.1, 0.15) is 181 Å². The van der Waals surface area contributed by atoms with E-state index in [-0.39, 0.29) is 19.4 Å². The molecule has 260 valence electrons. The molecule has 0 unspecified atom stereocenters. The highest BCUT2D eigenvalue weighted by Gasteiger charge is 2.22. The molecule has 0 radical (unpaired) electrons. The first kappa shape index (κ1) is 42.8. The lowest BCUT2D eigenvalue weighted by Crippen LogP contribution is -2.29. The Bertz CT molecular complexity index is 736. The Morgan fingerprint density at radius 1 is 0.568 bits per heavy atom. The smallest absolute Gasteiger partial charge is 0.462 e. The molecule has 0 heterocycles. The van der Waals surface area contributed by atoms with Crippen LogP contribution in [0.2, 0.25) is 0 Å². The maximum absolute atomic E-state index is 12.3. The van der Waals surface area contributed by atoms with Crippen molar-refractivity contribution >= 4 is 19.8 Å². The van der Waals surface area contributed by atoms with Gasteiger partial charge in [-0.2, -0.15) is 0 Å². The number of hydrogen-bond donors (Lipinski definition) is 2. The summed E-state index contributed by atoms with van der Waals surface area (Å²) in [5.74, 6) is -0.890. The van der Waals surface area contributed by atoms with Gasteiger partial charge in [0.2, 0.25) is 0 Å². The number of esters is 2. The van der Waals surface area contributed by atoms with Crippen LogP contribution in [0.5, 0.6) is 0 Å². The van der Waals surface area contributed by atoms with Crippen LogP contribution in [0.15, 0.2) is 12.2 Å². The highest BCUT2D eigenvalue weighted by atomic mass is 31.2. The van der Waals surface area contributed by atoms with Crippen molar-refractivity contribution in [1.29, 1.82) is 0 Å². The third-order valence-corrected chi connectivity index (χ3v) is 8.27. The topological polar surface area (TPSA) is 119 Å². The largest absolute Gasteiger partial charge is 0.469 e. The van der Waals surface area contributed by atoms with E-state index in [0.717, 1.165) is 57.8 Å². The quantitative estimate of drug-likeness (QED) is 0.0313. The fourth-order valence-electron chi connectivity index (χ4n) is 5.07. The summed E-state index contributed by atoms with van der Waals surface area (Å²) in [6.07, 6.45) is 32.2. The summed E-state index contributed by atoms with van der Waals surface area (Å²) in [6, 6.07) is 0. The number of allylic oxidation sites excluding steroid dienone is 2. The second-order valence-corrected chi connectivity index (χ2v) is 13.4. The van der Waals surface area contributed by atoms with Gasteiger partial charge in [-0.25, -0.2) is 4.57 Å². The lowest BCUT2D eigenvalue weighted by molar-refractivity contribution is -0.161. The maximum Gasteiger partial charge on any atom is 0.469 e. The van der Waals surface area contributed by atoms with Crippen molar-refractivity contribution in [2.24, 2.45) is 0 Å². The molecule has 0 aliphatic heterocycles. The highest BCUT2D eigenvalue weighted by Crippen LogP contribution is 2.36. The van der Waals surface area contributed by atoms with Crippen molar-refractivity contribution in [1.82, 2.24) is 0 Å². The van der Waals surface area contributed by atoms with E-state index in [1.54, 1.807) is 0 Å². The van der Waals surface area contributed by atoms with E-state index in [9.17, 15) is 14.2 Å². The maximum atomic E-state index is 12.3. The van der Waals surface area contributed by atoms with Crippen LogP contribution in [0, 0.1) is 0 Å². The second kappa shape index (κ2) is 31.8. The van der Waals surface area contributed by atoms with E-state index in [2.05, 4.69) is 30.5 Å². The Morgan fingerprint density at radius 2 is 0.955 bits per heavy atom. The molecule has 9 heteroatoms. The lowest BCUT2D eigenvalue weighted by Gasteiger charge is -2.18. The second-order valence-electron chi connectivity index (χ2n) is 12.2. The molecule has 0 saturated carbocycles. The number of ether oxygens (including phenoxy) is 2. The monoisotopic (exact) mass is 646 g/mol. The van der Waals surface area contributed by atoms with Crippen LogP contribution in [-0.4, -0.2) is 41.0 Å². The number of phosphoric ester groups is 1. The molecule has 1 atom stereocenters. The molecule has 2 N–H and O–H groups in total. The van der Waals surface area contributed by atoms with Crippen LogP contribution < -0.4 is 0 Å². The molecule has 0 aliphatic carbocycles.